The van der Waals surface area contributed by atoms with Crippen LogP contribution in [0, 0.1) is 0 Å². The molecule has 2 atom stereocenters. The molecule has 2 rings (SSSR count). The van der Waals surface area contributed by atoms with Gasteiger partial charge in [0.15, 0.2) is 0 Å². The molecule has 6 heteroatoms. The van der Waals surface area contributed by atoms with Gasteiger partial charge in [-0.15, -0.1) is 0 Å². The maximum absolute atomic E-state index is 12.1. The van der Waals surface area contributed by atoms with Crippen molar-refractivity contribution in [2.24, 2.45) is 0 Å². The summed E-state index contributed by atoms with van der Waals surface area (Å²) in [5.41, 5.74) is 1.01. The molecular weight excluding hydrogens is 296 g/mol. The summed E-state index contributed by atoms with van der Waals surface area (Å²) in [6, 6.07) is 8.29. The quantitative estimate of drug-likeness (QED) is 0.768. The maximum atomic E-state index is 12.1. The van der Waals surface area contributed by atoms with Crippen molar-refractivity contribution in [3.63, 3.8) is 0 Å². The summed E-state index contributed by atoms with van der Waals surface area (Å²) in [6.07, 6.45) is 4.77. The zero-order valence-electron chi connectivity index (χ0n) is 13.0. The van der Waals surface area contributed by atoms with E-state index in [0.717, 1.165) is 5.56 Å². The van der Waals surface area contributed by atoms with Gasteiger partial charge in [0, 0.05) is 6.42 Å². The molecule has 0 radical (unpaired) electrons. The average Bonchev–Trinajstić information content (AvgIpc) is 3.00. The summed E-state index contributed by atoms with van der Waals surface area (Å²) in [7, 11) is 1.28. The van der Waals surface area contributed by atoms with Crippen molar-refractivity contribution in [2.45, 2.75) is 31.3 Å². The third-order valence-electron chi connectivity index (χ3n) is 3.60. The molecule has 0 saturated carbocycles. The van der Waals surface area contributed by atoms with Gasteiger partial charge in [0.25, 0.3) is 0 Å². The molecule has 1 saturated heterocycles. The number of nitrogens with one attached hydrogen (secondary N) is 2. The zero-order chi connectivity index (χ0) is 16.7. The van der Waals surface area contributed by atoms with Crippen molar-refractivity contribution in [1.29, 1.82) is 0 Å². The number of methoxy groups -OCH3 is 1. The Kier molecular flexibility index (Phi) is 5.91. The molecule has 122 valence electrons. The molecule has 2 amide bonds. The predicted octanol–water partition coefficient (Wildman–Crippen LogP) is 1.03. The van der Waals surface area contributed by atoms with E-state index in [-0.39, 0.29) is 11.8 Å². The van der Waals surface area contributed by atoms with Crippen molar-refractivity contribution in [3.05, 3.63) is 42.0 Å². The number of benzene rings is 1. The Hall–Kier alpha value is -2.63. The van der Waals surface area contributed by atoms with E-state index in [1.165, 1.54) is 7.11 Å². The third-order valence-corrected chi connectivity index (χ3v) is 3.60. The number of esters is 1. The first kappa shape index (κ1) is 16.7. The lowest BCUT2D eigenvalue weighted by Gasteiger charge is -2.17. The summed E-state index contributed by atoms with van der Waals surface area (Å²) in [5, 5.41) is 5.21. The molecule has 6 nitrogen and oxygen atoms in total. The molecule has 1 heterocycles. The van der Waals surface area contributed by atoms with Gasteiger partial charge in [-0.05, 0) is 18.4 Å². The molecule has 0 aliphatic carbocycles. The fourth-order valence-corrected chi connectivity index (χ4v) is 2.34. The summed E-state index contributed by atoms with van der Waals surface area (Å²) in [4.78, 5) is 35.1. The van der Waals surface area contributed by atoms with Crippen molar-refractivity contribution in [3.8, 4) is 0 Å². The smallest absolute Gasteiger partial charge is 0.328 e. The van der Waals surface area contributed by atoms with Crippen LogP contribution >= 0.6 is 0 Å². The number of amides is 2. The van der Waals surface area contributed by atoms with Crippen molar-refractivity contribution >= 4 is 23.9 Å². The highest BCUT2D eigenvalue weighted by Crippen LogP contribution is 2.08. The molecule has 0 unspecified atom stereocenters. The van der Waals surface area contributed by atoms with Crippen molar-refractivity contribution < 1.29 is 19.1 Å². The van der Waals surface area contributed by atoms with Gasteiger partial charge in [0.2, 0.25) is 11.8 Å². The van der Waals surface area contributed by atoms with Crippen LogP contribution in [0.4, 0.5) is 0 Å². The lowest BCUT2D eigenvalue weighted by molar-refractivity contribution is -0.145. The summed E-state index contributed by atoms with van der Waals surface area (Å²) >= 11 is 0. The number of carbonyl (C=O) groups is 3. The van der Waals surface area contributed by atoms with E-state index in [0.29, 0.717) is 19.3 Å². The monoisotopic (exact) mass is 316 g/mol. The largest absolute Gasteiger partial charge is 0.467 e. The second-order valence-electron chi connectivity index (χ2n) is 5.29. The minimum atomic E-state index is -0.773. The Bertz CT molecular complexity index is 598. The molecule has 1 fully saturated rings. The van der Waals surface area contributed by atoms with E-state index in [2.05, 4.69) is 10.6 Å². The van der Waals surface area contributed by atoms with Gasteiger partial charge in [0.1, 0.15) is 12.1 Å². The van der Waals surface area contributed by atoms with Crippen LogP contribution in [0.3, 0.4) is 0 Å². The minimum absolute atomic E-state index is 0.149. The Balaban J connectivity index is 1.94. The van der Waals surface area contributed by atoms with Gasteiger partial charge in [-0.2, -0.15) is 0 Å². The van der Waals surface area contributed by atoms with Crippen LogP contribution < -0.4 is 10.6 Å². The number of carbonyl (C=O) groups excluding carboxylic acids is 3. The molecule has 23 heavy (non-hydrogen) atoms. The second-order valence-corrected chi connectivity index (χ2v) is 5.29. The lowest BCUT2D eigenvalue weighted by Crippen LogP contribution is -2.48. The van der Waals surface area contributed by atoms with E-state index in [1.54, 1.807) is 0 Å². The summed E-state index contributed by atoms with van der Waals surface area (Å²) in [6.45, 7) is 0. The predicted molar refractivity (Wildman–Crippen MR) is 85.2 cm³/mol. The second kappa shape index (κ2) is 8.12. The SMILES string of the molecule is COC(=O)[C@H](C/C=C/c1ccccc1)NC(=O)[C@@H]1CCC(=O)N1. The molecule has 0 aromatic heterocycles. The maximum Gasteiger partial charge on any atom is 0.328 e. The summed E-state index contributed by atoms with van der Waals surface area (Å²) in [5.74, 6) is -1.02. The standard InChI is InChI=1S/C17H20N2O4/c1-23-17(22)14(9-5-8-12-6-3-2-4-7-12)19-16(21)13-10-11-15(20)18-13/h2-8,13-14H,9-11H2,1H3,(H,18,20)(H,19,21)/b8-5+/t13-,14-/m0/s1. The molecule has 0 bridgehead atoms. The normalized spacial score (nSPS) is 18.5. The Morgan fingerprint density at radius 2 is 2.13 bits per heavy atom. The number of hydrogen-bond acceptors (Lipinski definition) is 4. The van der Waals surface area contributed by atoms with Crippen LogP contribution in [0.1, 0.15) is 24.8 Å². The van der Waals surface area contributed by atoms with Gasteiger partial charge in [-0.3, -0.25) is 9.59 Å². The number of hydrogen-bond donors (Lipinski definition) is 2. The van der Waals surface area contributed by atoms with Crippen LogP contribution in [-0.4, -0.2) is 37.0 Å². The van der Waals surface area contributed by atoms with Gasteiger partial charge in [0.05, 0.1) is 7.11 Å². The third kappa shape index (κ3) is 4.95. The Morgan fingerprint density at radius 1 is 1.39 bits per heavy atom. The summed E-state index contributed by atoms with van der Waals surface area (Å²) < 4.78 is 4.72. The highest BCUT2D eigenvalue weighted by molar-refractivity contribution is 5.93. The zero-order valence-corrected chi connectivity index (χ0v) is 13.0. The first-order chi connectivity index (χ1) is 11.1. The van der Waals surface area contributed by atoms with Crippen LogP contribution in [-0.2, 0) is 19.1 Å². The molecule has 1 aromatic carbocycles. The van der Waals surface area contributed by atoms with E-state index in [4.69, 9.17) is 4.74 Å². The van der Waals surface area contributed by atoms with Gasteiger partial charge in [-0.25, -0.2) is 4.79 Å². The van der Waals surface area contributed by atoms with Crippen molar-refractivity contribution in [2.75, 3.05) is 7.11 Å². The molecule has 0 spiro atoms. The first-order valence-electron chi connectivity index (χ1n) is 7.49. The molecule has 1 aromatic rings. The van der Waals surface area contributed by atoms with Crippen molar-refractivity contribution in [1.82, 2.24) is 10.6 Å². The van der Waals surface area contributed by atoms with E-state index >= 15 is 0 Å². The minimum Gasteiger partial charge on any atom is -0.467 e. The molecule has 1 aliphatic rings. The fraction of sp³-hybridized carbons (Fsp3) is 0.353. The average molecular weight is 316 g/mol. The highest BCUT2D eigenvalue weighted by Gasteiger charge is 2.30. The van der Waals surface area contributed by atoms with E-state index in [1.807, 2.05) is 42.5 Å². The van der Waals surface area contributed by atoms with Crippen LogP contribution in [0.25, 0.3) is 6.08 Å². The van der Waals surface area contributed by atoms with Crippen LogP contribution in [0.2, 0.25) is 0 Å². The fourth-order valence-electron chi connectivity index (χ4n) is 2.34. The Labute approximate surface area is 134 Å². The molecule has 2 N–H and O–H groups in total. The topological polar surface area (TPSA) is 84.5 Å². The number of rotatable bonds is 6. The molecular formula is C17H20N2O4. The van der Waals surface area contributed by atoms with Gasteiger partial charge < -0.3 is 15.4 Å². The molecule has 1 aliphatic heterocycles. The lowest BCUT2D eigenvalue weighted by atomic mass is 10.1. The number of ether oxygens (including phenoxy) is 1. The van der Waals surface area contributed by atoms with Crippen LogP contribution in [0.15, 0.2) is 36.4 Å². The van der Waals surface area contributed by atoms with E-state index < -0.39 is 18.1 Å². The van der Waals surface area contributed by atoms with E-state index in [9.17, 15) is 14.4 Å². The highest BCUT2D eigenvalue weighted by atomic mass is 16.5. The van der Waals surface area contributed by atoms with Gasteiger partial charge >= 0.3 is 5.97 Å². The Morgan fingerprint density at radius 3 is 2.74 bits per heavy atom. The van der Waals surface area contributed by atoms with Gasteiger partial charge in [-0.1, -0.05) is 42.5 Å². The first-order valence-corrected chi connectivity index (χ1v) is 7.49. The van der Waals surface area contributed by atoms with Crippen LogP contribution in [0.5, 0.6) is 0 Å².